The van der Waals surface area contributed by atoms with Gasteiger partial charge in [-0.25, -0.2) is 4.79 Å². The van der Waals surface area contributed by atoms with Gasteiger partial charge in [0.2, 0.25) is 0 Å². The first-order chi connectivity index (χ1) is 7.60. The number of nitrogens with zero attached hydrogens (tertiary/aromatic N) is 1. The SMILES string of the molecule is C=CC(C(=O)O)[n+]1ccc(C(C)CC)cc1. The summed E-state index contributed by atoms with van der Waals surface area (Å²) >= 11 is 0. The van der Waals surface area contributed by atoms with Crippen LogP contribution in [-0.4, -0.2) is 11.1 Å². The maximum atomic E-state index is 10.9. The molecule has 86 valence electrons. The summed E-state index contributed by atoms with van der Waals surface area (Å²) in [4.78, 5) is 10.9. The van der Waals surface area contributed by atoms with Crippen molar-refractivity contribution in [2.75, 3.05) is 0 Å². The van der Waals surface area contributed by atoms with E-state index in [0.29, 0.717) is 5.92 Å². The van der Waals surface area contributed by atoms with Crippen LogP contribution in [0.2, 0.25) is 0 Å². The molecule has 0 bridgehead atoms. The van der Waals surface area contributed by atoms with Crippen molar-refractivity contribution in [2.24, 2.45) is 0 Å². The third-order valence-electron chi connectivity index (χ3n) is 2.86. The molecule has 0 aliphatic rings. The van der Waals surface area contributed by atoms with Crippen LogP contribution in [0.5, 0.6) is 0 Å². The summed E-state index contributed by atoms with van der Waals surface area (Å²) in [5, 5.41) is 8.96. The number of carboxylic acids is 1. The Morgan fingerprint density at radius 2 is 2.12 bits per heavy atom. The zero-order valence-electron chi connectivity index (χ0n) is 9.76. The van der Waals surface area contributed by atoms with Crippen LogP contribution in [0.15, 0.2) is 37.2 Å². The van der Waals surface area contributed by atoms with Gasteiger partial charge in [-0.05, 0) is 24.0 Å². The molecule has 0 aliphatic carbocycles. The van der Waals surface area contributed by atoms with E-state index < -0.39 is 12.0 Å². The number of aromatic nitrogens is 1. The number of aliphatic carboxylic acids is 1. The molecule has 0 saturated heterocycles. The fourth-order valence-electron chi connectivity index (χ4n) is 1.55. The van der Waals surface area contributed by atoms with Crippen LogP contribution < -0.4 is 4.57 Å². The van der Waals surface area contributed by atoms with Gasteiger partial charge in [0.1, 0.15) is 0 Å². The molecule has 3 nitrogen and oxygen atoms in total. The fraction of sp³-hybridized carbons (Fsp3) is 0.385. The van der Waals surface area contributed by atoms with Crippen molar-refractivity contribution >= 4 is 5.97 Å². The average Bonchev–Trinajstić information content (AvgIpc) is 2.29. The van der Waals surface area contributed by atoms with Crippen molar-refractivity contribution in [1.29, 1.82) is 0 Å². The zero-order valence-corrected chi connectivity index (χ0v) is 9.76. The molecule has 1 aromatic rings. The number of carbonyl (C=O) groups is 1. The highest BCUT2D eigenvalue weighted by Gasteiger charge is 2.22. The number of rotatable bonds is 5. The quantitative estimate of drug-likeness (QED) is 0.611. The van der Waals surface area contributed by atoms with E-state index in [9.17, 15) is 4.79 Å². The van der Waals surface area contributed by atoms with E-state index in [1.165, 1.54) is 11.6 Å². The van der Waals surface area contributed by atoms with Crippen molar-refractivity contribution in [2.45, 2.75) is 32.2 Å². The van der Waals surface area contributed by atoms with E-state index in [2.05, 4.69) is 20.4 Å². The third-order valence-corrected chi connectivity index (χ3v) is 2.86. The molecule has 1 heterocycles. The minimum atomic E-state index is -0.892. The fourth-order valence-corrected chi connectivity index (χ4v) is 1.55. The first-order valence-electron chi connectivity index (χ1n) is 5.46. The summed E-state index contributed by atoms with van der Waals surface area (Å²) in [6, 6.07) is 3.24. The lowest BCUT2D eigenvalue weighted by Gasteiger charge is -2.08. The Hall–Kier alpha value is -1.64. The van der Waals surface area contributed by atoms with Gasteiger partial charge >= 0.3 is 5.97 Å². The van der Waals surface area contributed by atoms with Crippen LogP contribution in [-0.2, 0) is 4.79 Å². The molecular formula is C13H18NO2+. The Bertz CT molecular complexity index is 370. The summed E-state index contributed by atoms with van der Waals surface area (Å²) in [5.41, 5.74) is 1.23. The Morgan fingerprint density at radius 3 is 2.50 bits per heavy atom. The molecule has 0 aliphatic heterocycles. The largest absolute Gasteiger partial charge is 0.476 e. The molecule has 0 radical (unpaired) electrons. The molecule has 0 saturated carbocycles. The van der Waals surface area contributed by atoms with Gasteiger partial charge in [0, 0.05) is 12.1 Å². The molecule has 1 rings (SSSR count). The lowest BCUT2D eigenvalue weighted by Crippen LogP contribution is -2.42. The van der Waals surface area contributed by atoms with Gasteiger partial charge in [0.25, 0.3) is 6.04 Å². The lowest BCUT2D eigenvalue weighted by atomic mass is 10.00. The van der Waals surface area contributed by atoms with Gasteiger partial charge in [-0.15, -0.1) is 0 Å². The van der Waals surface area contributed by atoms with E-state index in [-0.39, 0.29) is 0 Å². The van der Waals surface area contributed by atoms with Crippen LogP contribution in [0.25, 0.3) is 0 Å². The van der Waals surface area contributed by atoms with Gasteiger partial charge in [0.05, 0.1) is 0 Å². The Balaban J connectivity index is 2.93. The maximum Gasteiger partial charge on any atom is 0.377 e. The van der Waals surface area contributed by atoms with Crippen LogP contribution in [0.4, 0.5) is 0 Å². The van der Waals surface area contributed by atoms with Crippen molar-refractivity contribution in [3.8, 4) is 0 Å². The van der Waals surface area contributed by atoms with Gasteiger partial charge in [-0.3, -0.25) is 0 Å². The second-order valence-corrected chi connectivity index (χ2v) is 3.91. The summed E-state index contributed by atoms with van der Waals surface area (Å²) in [6.45, 7) is 7.82. The van der Waals surface area contributed by atoms with Crippen LogP contribution in [0, 0.1) is 0 Å². The molecule has 0 amide bonds. The van der Waals surface area contributed by atoms with Gasteiger partial charge in [-0.1, -0.05) is 20.4 Å². The Morgan fingerprint density at radius 1 is 1.56 bits per heavy atom. The summed E-state index contributed by atoms with van der Waals surface area (Å²) < 4.78 is 1.64. The van der Waals surface area contributed by atoms with Crippen LogP contribution in [0.1, 0.15) is 37.8 Å². The van der Waals surface area contributed by atoms with Crippen LogP contribution in [0.3, 0.4) is 0 Å². The monoisotopic (exact) mass is 220 g/mol. The van der Waals surface area contributed by atoms with Crippen molar-refractivity contribution in [1.82, 2.24) is 0 Å². The van der Waals surface area contributed by atoms with Gasteiger partial charge < -0.3 is 5.11 Å². The van der Waals surface area contributed by atoms with E-state index >= 15 is 0 Å². The average molecular weight is 220 g/mol. The molecule has 0 spiro atoms. The first-order valence-corrected chi connectivity index (χ1v) is 5.46. The minimum Gasteiger partial charge on any atom is -0.476 e. The smallest absolute Gasteiger partial charge is 0.377 e. The Kier molecular flexibility index (Phi) is 4.23. The van der Waals surface area contributed by atoms with E-state index in [0.717, 1.165) is 6.42 Å². The Labute approximate surface area is 96.0 Å². The number of pyridine rings is 1. The standard InChI is InChI=1S/C13H17NO2/c1-4-10(3)11-6-8-14(9-7-11)12(5-2)13(15)16/h5-10,12H,2,4H2,1,3H3/p+1. The van der Waals surface area contributed by atoms with Gasteiger partial charge in [0.15, 0.2) is 12.4 Å². The first kappa shape index (κ1) is 12.4. The highest BCUT2D eigenvalue weighted by Crippen LogP contribution is 2.16. The van der Waals surface area contributed by atoms with Gasteiger partial charge in [-0.2, -0.15) is 4.57 Å². The van der Waals surface area contributed by atoms with Crippen molar-refractivity contribution in [3.05, 3.63) is 42.7 Å². The molecule has 1 aromatic heterocycles. The summed E-state index contributed by atoms with van der Waals surface area (Å²) in [5.74, 6) is -0.391. The lowest BCUT2D eigenvalue weighted by molar-refractivity contribution is -0.700. The van der Waals surface area contributed by atoms with Crippen molar-refractivity contribution < 1.29 is 14.5 Å². The van der Waals surface area contributed by atoms with Crippen LogP contribution >= 0.6 is 0 Å². The third kappa shape index (κ3) is 2.69. The highest BCUT2D eigenvalue weighted by molar-refractivity contribution is 5.71. The molecule has 2 unspecified atom stereocenters. The van der Waals surface area contributed by atoms with E-state index in [1.807, 2.05) is 12.1 Å². The zero-order chi connectivity index (χ0) is 12.1. The summed E-state index contributed by atoms with van der Waals surface area (Å²) in [6.07, 6.45) is 6.09. The number of carboxylic acid groups (broad SMARTS) is 1. The minimum absolute atomic E-state index is 0.502. The van der Waals surface area contributed by atoms with E-state index in [4.69, 9.17) is 5.11 Å². The normalized spacial score (nSPS) is 14.1. The second kappa shape index (κ2) is 5.45. The molecule has 3 heteroatoms. The molecule has 2 atom stereocenters. The summed E-state index contributed by atoms with van der Waals surface area (Å²) in [7, 11) is 0. The predicted molar refractivity (Wildman–Crippen MR) is 62.2 cm³/mol. The number of hydrogen-bond acceptors (Lipinski definition) is 1. The highest BCUT2D eigenvalue weighted by atomic mass is 16.4. The van der Waals surface area contributed by atoms with Crippen molar-refractivity contribution in [3.63, 3.8) is 0 Å². The topological polar surface area (TPSA) is 41.2 Å². The van der Waals surface area contributed by atoms with E-state index in [1.54, 1.807) is 17.0 Å². The molecular weight excluding hydrogens is 202 g/mol. The second-order valence-electron chi connectivity index (χ2n) is 3.91. The molecule has 16 heavy (non-hydrogen) atoms. The maximum absolute atomic E-state index is 10.9. The predicted octanol–water partition coefficient (Wildman–Crippen LogP) is 2.30. The molecule has 1 N–H and O–H groups in total. The molecule has 0 aromatic carbocycles. The molecule has 0 fully saturated rings. The number of hydrogen-bond donors (Lipinski definition) is 1.